The van der Waals surface area contributed by atoms with E-state index in [2.05, 4.69) is 9.97 Å². The zero-order valence-corrected chi connectivity index (χ0v) is 9.84. The fourth-order valence-corrected chi connectivity index (χ4v) is 2.36. The van der Waals surface area contributed by atoms with E-state index in [1.165, 1.54) is 4.57 Å². The molecule has 3 heterocycles. The predicted octanol–water partition coefficient (Wildman–Crippen LogP) is -0.710. The van der Waals surface area contributed by atoms with E-state index in [-0.39, 0.29) is 30.7 Å². The SMILES string of the molecule is O=c1[nH]cnc2c1c(F)cn2[C@]1(O)CO[C@H](CO)C1. The first-order valence-corrected chi connectivity index (χ1v) is 5.75. The summed E-state index contributed by atoms with van der Waals surface area (Å²) in [6.45, 7) is -0.339. The van der Waals surface area contributed by atoms with Gasteiger partial charge < -0.3 is 19.9 Å². The predicted molar refractivity (Wildman–Crippen MR) is 61.9 cm³/mol. The van der Waals surface area contributed by atoms with Gasteiger partial charge in [-0.25, -0.2) is 9.37 Å². The first-order chi connectivity index (χ1) is 9.05. The highest BCUT2D eigenvalue weighted by atomic mass is 19.1. The first kappa shape index (κ1) is 12.3. The van der Waals surface area contributed by atoms with E-state index in [9.17, 15) is 14.3 Å². The zero-order chi connectivity index (χ0) is 13.6. The van der Waals surface area contributed by atoms with Gasteiger partial charge in [0, 0.05) is 12.6 Å². The zero-order valence-electron chi connectivity index (χ0n) is 9.84. The van der Waals surface area contributed by atoms with Crippen LogP contribution in [0.1, 0.15) is 6.42 Å². The van der Waals surface area contributed by atoms with E-state index in [1.807, 2.05) is 0 Å². The number of aliphatic hydroxyl groups excluding tert-OH is 1. The summed E-state index contributed by atoms with van der Waals surface area (Å²) in [6, 6.07) is 0. The van der Waals surface area contributed by atoms with Crippen LogP contribution < -0.4 is 5.56 Å². The largest absolute Gasteiger partial charge is 0.394 e. The molecular weight excluding hydrogens is 257 g/mol. The molecule has 0 saturated carbocycles. The second-order valence-corrected chi connectivity index (χ2v) is 4.58. The second kappa shape index (κ2) is 4.12. The van der Waals surface area contributed by atoms with Gasteiger partial charge in [0.1, 0.15) is 5.39 Å². The third-order valence-electron chi connectivity index (χ3n) is 3.30. The molecule has 7 nitrogen and oxygen atoms in total. The van der Waals surface area contributed by atoms with Gasteiger partial charge in [-0.3, -0.25) is 9.36 Å². The Morgan fingerprint density at radius 2 is 2.47 bits per heavy atom. The summed E-state index contributed by atoms with van der Waals surface area (Å²) in [5, 5.41) is 19.3. The number of nitrogens with one attached hydrogen (secondary N) is 1. The van der Waals surface area contributed by atoms with Crippen molar-refractivity contribution >= 4 is 11.0 Å². The van der Waals surface area contributed by atoms with Gasteiger partial charge in [0.15, 0.2) is 17.2 Å². The average molecular weight is 269 g/mol. The van der Waals surface area contributed by atoms with E-state index in [1.54, 1.807) is 0 Å². The van der Waals surface area contributed by atoms with Crippen molar-refractivity contribution in [3.05, 3.63) is 28.7 Å². The second-order valence-electron chi connectivity index (χ2n) is 4.58. The van der Waals surface area contributed by atoms with Crippen molar-refractivity contribution < 1.29 is 19.3 Å². The lowest BCUT2D eigenvalue weighted by atomic mass is 10.1. The average Bonchev–Trinajstić information content (AvgIpc) is 2.93. The van der Waals surface area contributed by atoms with Crippen LogP contribution in [0.15, 0.2) is 17.3 Å². The number of aromatic amines is 1. The summed E-state index contributed by atoms with van der Waals surface area (Å²) in [4.78, 5) is 17.7. The summed E-state index contributed by atoms with van der Waals surface area (Å²) in [7, 11) is 0. The summed E-state index contributed by atoms with van der Waals surface area (Å²) in [6.07, 6.45) is 1.74. The molecule has 0 bridgehead atoms. The molecular formula is C11H12FN3O4. The molecule has 3 rings (SSSR count). The van der Waals surface area contributed by atoms with Crippen LogP contribution in [0, 0.1) is 5.82 Å². The van der Waals surface area contributed by atoms with Crippen molar-refractivity contribution in [1.82, 2.24) is 14.5 Å². The van der Waals surface area contributed by atoms with Crippen LogP contribution in [0.25, 0.3) is 11.0 Å². The quantitative estimate of drug-likeness (QED) is 0.668. The summed E-state index contributed by atoms with van der Waals surface area (Å²) >= 11 is 0. The number of rotatable bonds is 2. The molecule has 2 aromatic rings. The fourth-order valence-electron chi connectivity index (χ4n) is 2.36. The number of hydrogen-bond acceptors (Lipinski definition) is 5. The van der Waals surface area contributed by atoms with Crippen molar-refractivity contribution in [3.8, 4) is 0 Å². The Labute approximate surface area is 106 Å². The van der Waals surface area contributed by atoms with E-state index in [0.717, 1.165) is 12.5 Å². The molecule has 3 N–H and O–H groups in total. The molecule has 19 heavy (non-hydrogen) atoms. The minimum absolute atomic E-state index is 0.0472. The van der Waals surface area contributed by atoms with Crippen molar-refractivity contribution in [2.75, 3.05) is 13.2 Å². The molecule has 1 saturated heterocycles. The van der Waals surface area contributed by atoms with Gasteiger partial charge >= 0.3 is 0 Å². The number of H-pyrrole nitrogens is 1. The third-order valence-corrected chi connectivity index (χ3v) is 3.30. The maximum atomic E-state index is 13.8. The van der Waals surface area contributed by atoms with Crippen LogP contribution in [0.5, 0.6) is 0 Å². The molecule has 0 amide bonds. The number of fused-ring (bicyclic) bond motifs is 1. The molecule has 0 spiro atoms. The van der Waals surface area contributed by atoms with E-state index in [4.69, 9.17) is 9.84 Å². The Morgan fingerprint density at radius 1 is 1.68 bits per heavy atom. The van der Waals surface area contributed by atoms with Crippen molar-refractivity contribution in [1.29, 1.82) is 0 Å². The highest BCUT2D eigenvalue weighted by Crippen LogP contribution is 2.32. The first-order valence-electron chi connectivity index (χ1n) is 5.75. The van der Waals surface area contributed by atoms with E-state index in [0.29, 0.717) is 0 Å². The molecule has 0 aromatic carbocycles. The van der Waals surface area contributed by atoms with Crippen LogP contribution >= 0.6 is 0 Å². The number of ether oxygens (including phenoxy) is 1. The summed E-state index contributed by atoms with van der Waals surface area (Å²) in [5.74, 6) is -0.759. The highest BCUT2D eigenvalue weighted by molar-refractivity contribution is 5.75. The Balaban J connectivity index is 2.17. The number of aliphatic hydroxyl groups is 2. The minimum Gasteiger partial charge on any atom is -0.394 e. The van der Waals surface area contributed by atoms with Crippen molar-refractivity contribution in [3.63, 3.8) is 0 Å². The topological polar surface area (TPSA) is 100 Å². The van der Waals surface area contributed by atoms with Gasteiger partial charge in [0.2, 0.25) is 0 Å². The molecule has 1 aliphatic rings. The Hall–Kier alpha value is -1.77. The summed E-state index contributed by atoms with van der Waals surface area (Å²) < 4.78 is 20.2. The number of halogens is 1. The lowest BCUT2D eigenvalue weighted by Crippen LogP contribution is -2.34. The molecule has 8 heteroatoms. The van der Waals surface area contributed by atoms with Gasteiger partial charge in [0.25, 0.3) is 5.56 Å². The smallest absolute Gasteiger partial charge is 0.263 e. The molecule has 102 valence electrons. The number of hydrogen-bond donors (Lipinski definition) is 3. The number of aromatic nitrogens is 3. The van der Waals surface area contributed by atoms with Crippen LogP contribution in [0.2, 0.25) is 0 Å². The normalized spacial score (nSPS) is 27.2. The molecule has 2 aromatic heterocycles. The lowest BCUT2D eigenvalue weighted by Gasteiger charge is -2.23. The van der Waals surface area contributed by atoms with Crippen LogP contribution in [-0.4, -0.2) is 44.1 Å². The summed E-state index contributed by atoms with van der Waals surface area (Å²) in [5.41, 5.74) is -2.08. The maximum Gasteiger partial charge on any atom is 0.263 e. The van der Waals surface area contributed by atoms with Gasteiger partial charge in [-0.05, 0) is 0 Å². The highest BCUT2D eigenvalue weighted by Gasteiger charge is 2.41. The Bertz CT molecular complexity index is 682. The van der Waals surface area contributed by atoms with Crippen LogP contribution in [0.4, 0.5) is 4.39 Å². The molecule has 1 aliphatic heterocycles. The molecule has 2 atom stereocenters. The fraction of sp³-hybridized carbons (Fsp3) is 0.455. The standard InChI is InChI=1S/C11H12FN3O4/c12-7-2-15(9-8(7)10(17)14-5-13-9)11(18)1-6(3-16)19-4-11/h2,5-6,16,18H,1,3-4H2,(H,13,14,17)/t6-,11+/m0/s1. The molecule has 0 radical (unpaired) electrons. The van der Waals surface area contributed by atoms with Crippen LogP contribution in [-0.2, 0) is 10.5 Å². The molecule has 0 aliphatic carbocycles. The third kappa shape index (κ3) is 1.76. The monoisotopic (exact) mass is 269 g/mol. The molecule has 1 fully saturated rings. The minimum atomic E-state index is -1.52. The van der Waals surface area contributed by atoms with Gasteiger partial charge in [0.05, 0.1) is 25.6 Å². The molecule has 0 unspecified atom stereocenters. The maximum absolute atomic E-state index is 13.8. The van der Waals surface area contributed by atoms with Crippen molar-refractivity contribution in [2.45, 2.75) is 18.2 Å². The van der Waals surface area contributed by atoms with Gasteiger partial charge in [-0.2, -0.15) is 0 Å². The lowest BCUT2D eigenvalue weighted by molar-refractivity contribution is -0.0415. The Kier molecular flexibility index (Phi) is 2.66. The van der Waals surface area contributed by atoms with Gasteiger partial charge in [-0.1, -0.05) is 0 Å². The van der Waals surface area contributed by atoms with Crippen molar-refractivity contribution in [2.24, 2.45) is 0 Å². The van der Waals surface area contributed by atoms with Crippen LogP contribution in [0.3, 0.4) is 0 Å². The van der Waals surface area contributed by atoms with Gasteiger partial charge in [-0.15, -0.1) is 0 Å². The number of nitrogens with zero attached hydrogens (tertiary/aromatic N) is 2. The van der Waals surface area contributed by atoms with E-state index < -0.39 is 23.2 Å². The Morgan fingerprint density at radius 3 is 3.16 bits per heavy atom. The van der Waals surface area contributed by atoms with E-state index >= 15 is 0 Å².